The van der Waals surface area contributed by atoms with Crippen LogP contribution in [0.1, 0.15) is 43.2 Å². The van der Waals surface area contributed by atoms with E-state index in [9.17, 15) is 5.11 Å². The topological polar surface area (TPSA) is 82.3 Å². The van der Waals surface area contributed by atoms with Crippen molar-refractivity contribution in [3.63, 3.8) is 0 Å². The molecule has 0 spiro atoms. The molecule has 166 valence electrons. The van der Waals surface area contributed by atoms with Crippen LogP contribution < -0.4 is 15.4 Å². The van der Waals surface area contributed by atoms with E-state index in [1.807, 2.05) is 19.1 Å². The molecule has 0 bridgehead atoms. The lowest BCUT2D eigenvalue weighted by Gasteiger charge is -2.27. The molecule has 8 heteroatoms. The maximum absolute atomic E-state index is 10.3. The number of guanidine groups is 1. The highest BCUT2D eigenvalue weighted by Crippen LogP contribution is 2.28. The lowest BCUT2D eigenvalue weighted by atomic mass is 10.1. The number of likely N-dealkylation sites (tertiary alicyclic amines) is 1. The van der Waals surface area contributed by atoms with Crippen LogP contribution in [0.3, 0.4) is 0 Å². The summed E-state index contributed by atoms with van der Waals surface area (Å²) >= 11 is 0. The first-order valence-electron chi connectivity index (χ1n) is 10.3. The van der Waals surface area contributed by atoms with Crippen LogP contribution in [0.15, 0.2) is 52.1 Å². The summed E-state index contributed by atoms with van der Waals surface area (Å²) < 4.78 is 10.7. The summed E-state index contributed by atoms with van der Waals surface area (Å²) in [6, 6.07) is 12.0. The summed E-state index contributed by atoms with van der Waals surface area (Å²) in [7, 11) is 1.69. The second-order valence-electron chi connectivity index (χ2n) is 7.17. The van der Waals surface area contributed by atoms with E-state index in [-0.39, 0.29) is 30.0 Å². The minimum Gasteiger partial charge on any atom is -0.497 e. The van der Waals surface area contributed by atoms with Crippen LogP contribution in [0, 0.1) is 0 Å². The first-order chi connectivity index (χ1) is 14.2. The molecular formula is C22H33IN4O3. The Morgan fingerprint density at radius 1 is 1.23 bits per heavy atom. The van der Waals surface area contributed by atoms with Crippen LogP contribution in [0.4, 0.5) is 0 Å². The molecule has 30 heavy (non-hydrogen) atoms. The molecule has 3 N–H and O–H groups in total. The average molecular weight is 528 g/mol. The fraction of sp³-hybridized carbons (Fsp3) is 0.500. The maximum atomic E-state index is 10.3. The largest absolute Gasteiger partial charge is 0.497 e. The lowest BCUT2D eigenvalue weighted by molar-refractivity contribution is 0.153. The number of benzene rings is 1. The molecule has 0 aliphatic carbocycles. The van der Waals surface area contributed by atoms with Crippen LogP contribution >= 0.6 is 24.0 Å². The number of hydrogen-bond donors (Lipinski definition) is 3. The molecule has 0 radical (unpaired) electrons. The van der Waals surface area contributed by atoms with Gasteiger partial charge in [0.15, 0.2) is 5.96 Å². The quantitative estimate of drug-likeness (QED) is 0.263. The van der Waals surface area contributed by atoms with Gasteiger partial charge in [0.2, 0.25) is 0 Å². The van der Waals surface area contributed by atoms with Gasteiger partial charge in [-0.15, -0.1) is 24.0 Å². The molecule has 1 aromatic carbocycles. The Hall–Kier alpha value is -1.78. The van der Waals surface area contributed by atoms with E-state index in [2.05, 4.69) is 27.7 Å². The fourth-order valence-corrected chi connectivity index (χ4v) is 3.63. The van der Waals surface area contributed by atoms with E-state index in [1.54, 1.807) is 25.5 Å². The number of hydrogen-bond acceptors (Lipinski definition) is 5. The Morgan fingerprint density at radius 3 is 2.70 bits per heavy atom. The molecular weight excluding hydrogens is 495 g/mol. The van der Waals surface area contributed by atoms with Gasteiger partial charge in [-0.25, -0.2) is 0 Å². The molecule has 1 saturated heterocycles. The molecule has 1 aliphatic heterocycles. The van der Waals surface area contributed by atoms with Gasteiger partial charge >= 0.3 is 0 Å². The smallest absolute Gasteiger partial charge is 0.191 e. The van der Waals surface area contributed by atoms with Crippen LogP contribution in [-0.2, 0) is 0 Å². The van der Waals surface area contributed by atoms with Gasteiger partial charge in [-0.05, 0) is 62.7 Å². The van der Waals surface area contributed by atoms with Crippen molar-refractivity contribution in [2.75, 3.05) is 39.8 Å². The number of ether oxygens (including phenoxy) is 1. The zero-order valence-corrected chi connectivity index (χ0v) is 20.0. The zero-order chi connectivity index (χ0) is 20.5. The Morgan fingerprint density at radius 2 is 2.03 bits per heavy atom. The summed E-state index contributed by atoms with van der Waals surface area (Å²) in [5, 5.41) is 16.7. The minimum absolute atomic E-state index is 0. The minimum atomic E-state index is -0.721. The van der Waals surface area contributed by atoms with Gasteiger partial charge < -0.3 is 24.9 Å². The molecule has 1 fully saturated rings. The number of methoxy groups -OCH3 is 1. The molecule has 0 amide bonds. The van der Waals surface area contributed by atoms with E-state index < -0.39 is 6.10 Å². The van der Waals surface area contributed by atoms with E-state index in [4.69, 9.17) is 14.1 Å². The average Bonchev–Trinajstić information content (AvgIpc) is 3.46. The molecule has 7 nitrogen and oxygen atoms in total. The van der Waals surface area contributed by atoms with Crippen LogP contribution in [0.25, 0.3) is 0 Å². The van der Waals surface area contributed by atoms with Crippen LogP contribution in [0.5, 0.6) is 5.75 Å². The zero-order valence-electron chi connectivity index (χ0n) is 17.7. The lowest BCUT2D eigenvalue weighted by Crippen LogP contribution is -2.40. The van der Waals surface area contributed by atoms with Gasteiger partial charge in [0.05, 0.1) is 32.5 Å². The second-order valence-corrected chi connectivity index (χ2v) is 7.17. The molecule has 1 aromatic heterocycles. The highest BCUT2D eigenvalue weighted by Gasteiger charge is 2.24. The Kier molecular flexibility index (Phi) is 10.5. The molecule has 1 aliphatic rings. The summed E-state index contributed by atoms with van der Waals surface area (Å²) in [5.41, 5.74) is 1.21. The van der Waals surface area contributed by atoms with E-state index in [0.717, 1.165) is 25.4 Å². The number of furan rings is 1. The third kappa shape index (κ3) is 6.88. The monoisotopic (exact) mass is 528 g/mol. The molecule has 2 heterocycles. The van der Waals surface area contributed by atoms with Gasteiger partial charge in [-0.3, -0.25) is 9.89 Å². The van der Waals surface area contributed by atoms with E-state index in [1.165, 1.54) is 18.4 Å². The Balaban J connectivity index is 0.00000320. The van der Waals surface area contributed by atoms with Crippen molar-refractivity contribution >= 4 is 29.9 Å². The van der Waals surface area contributed by atoms with Crippen LogP contribution in [-0.4, -0.2) is 55.8 Å². The van der Waals surface area contributed by atoms with Crippen molar-refractivity contribution in [3.05, 3.63) is 54.0 Å². The molecule has 0 saturated carbocycles. The van der Waals surface area contributed by atoms with Crippen molar-refractivity contribution in [2.45, 2.75) is 31.9 Å². The predicted molar refractivity (Wildman–Crippen MR) is 130 cm³/mol. The van der Waals surface area contributed by atoms with E-state index in [0.29, 0.717) is 24.8 Å². The highest BCUT2D eigenvalue weighted by atomic mass is 127. The number of aliphatic hydroxyl groups is 1. The summed E-state index contributed by atoms with van der Waals surface area (Å²) in [4.78, 5) is 7.30. The van der Waals surface area contributed by atoms with Crippen LogP contribution in [0.2, 0.25) is 0 Å². The standard InChI is InChI=1S/C22H32N4O3.HI/c1-3-23-22(25-16-20(27)21-10-7-13-29-21)24-15-19(26-11-4-5-12-26)17-8-6-9-18(14-17)28-2;/h6-10,13-14,19-20,27H,3-5,11-12,15-16H2,1-2H3,(H2,23,24,25);1H. The third-order valence-electron chi connectivity index (χ3n) is 5.16. The van der Waals surface area contributed by atoms with Crippen molar-refractivity contribution in [1.82, 2.24) is 15.5 Å². The summed E-state index contributed by atoms with van der Waals surface area (Å²) in [6.45, 7) is 5.89. The normalized spacial score (nSPS) is 16.6. The van der Waals surface area contributed by atoms with E-state index >= 15 is 0 Å². The maximum Gasteiger partial charge on any atom is 0.191 e. The molecule has 2 aromatic rings. The molecule has 3 rings (SSSR count). The number of rotatable bonds is 9. The second kappa shape index (κ2) is 12.8. The summed E-state index contributed by atoms with van der Waals surface area (Å²) in [6.07, 6.45) is 3.28. The molecule has 2 unspecified atom stereocenters. The highest BCUT2D eigenvalue weighted by molar-refractivity contribution is 14.0. The first-order valence-corrected chi connectivity index (χ1v) is 10.3. The van der Waals surface area contributed by atoms with Gasteiger partial charge in [0.1, 0.15) is 17.6 Å². The fourth-order valence-electron chi connectivity index (χ4n) is 3.63. The van der Waals surface area contributed by atoms with Crippen molar-refractivity contribution in [3.8, 4) is 5.75 Å². The number of nitrogens with one attached hydrogen (secondary N) is 2. The predicted octanol–water partition coefficient (Wildman–Crippen LogP) is 3.33. The first kappa shape index (κ1) is 24.5. The number of aliphatic hydroxyl groups excluding tert-OH is 1. The number of aliphatic imine (C=N–C) groups is 1. The van der Waals surface area contributed by atoms with Crippen molar-refractivity contribution in [2.24, 2.45) is 4.99 Å². The Bertz CT molecular complexity index is 764. The summed E-state index contributed by atoms with van der Waals surface area (Å²) in [5.74, 6) is 2.09. The number of halogens is 1. The van der Waals surface area contributed by atoms with Gasteiger partial charge in [-0.2, -0.15) is 0 Å². The SMILES string of the molecule is CCNC(=NCC(c1cccc(OC)c1)N1CCCC1)NCC(O)c1ccco1.I. The Labute approximate surface area is 195 Å². The third-order valence-corrected chi connectivity index (χ3v) is 5.16. The van der Waals surface area contributed by atoms with Crippen molar-refractivity contribution in [1.29, 1.82) is 0 Å². The van der Waals surface area contributed by atoms with Crippen molar-refractivity contribution < 1.29 is 14.3 Å². The number of nitrogens with zero attached hydrogens (tertiary/aromatic N) is 2. The van der Waals surface area contributed by atoms with Gasteiger partial charge in [0, 0.05) is 6.54 Å². The molecule has 2 atom stereocenters. The van der Waals surface area contributed by atoms with Gasteiger partial charge in [0.25, 0.3) is 0 Å². The van der Waals surface area contributed by atoms with Gasteiger partial charge in [-0.1, -0.05) is 12.1 Å².